The lowest BCUT2D eigenvalue weighted by molar-refractivity contribution is 0.102. The van der Waals surface area contributed by atoms with E-state index in [0.717, 1.165) is 10.6 Å². The van der Waals surface area contributed by atoms with Gasteiger partial charge >= 0.3 is 0 Å². The molecule has 1 N–H and O–H groups in total. The second-order valence-electron chi connectivity index (χ2n) is 5.33. The van der Waals surface area contributed by atoms with E-state index in [0.29, 0.717) is 27.6 Å². The SMILES string of the molecule is Cc1nc2cc(F)cc(C(=O)Nc3nc(C)c(C)s3)c2nc1C. The Hall–Kier alpha value is -2.41. The molecule has 0 aliphatic heterocycles. The van der Waals surface area contributed by atoms with Crippen molar-refractivity contribution in [3.63, 3.8) is 0 Å². The van der Waals surface area contributed by atoms with Gasteiger partial charge in [-0.15, -0.1) is 11.3 Å². The quantitative estimate of drug-likeness (QED) is 0.778. The van der Waals surface area contributed by atoms with Crippen LogP contribution in [0.15, 0.2) is 12.1 Å². The first-order valence-electron chi connectivity index (χ1n) is 7.05. The first kappa shape index (κ1) is 15.5. The molecule has 0 aliphatic rings. The number of nitrogens with one attached hydrogen (secondary N) is 1. The number of thiazole rings is 1. The number of aromatic nitrogens is 3. The van der Waals surface area contributed by atoms with E-state index in [1.165, 1.54) is 23.5 Å². The lowest BCUT2D eigenvalue weighted by Crippen LogP contribution is -2.14. The van der Waals surface area contributed by atoms with Crippen molar-refractivity contribution < 1.29 is 9.18 Å². The molecule has 7 heteroatoms. The van der Waals surface area contributed by atoms with Crippen molar-refractivity contribution in [2.45, 2.75) is 27.7 Å². The highest BCUT2D eigenvalue weighted by Crippen LogP contribution is 2.24. The maximum absolute atomic E-state index is 13.8. The van der Waals surface area contributed by atoms with Crippen molar-refractivity contribution >= 4 is 33.4 Å². The number of fused-ring (bicyclic) bond motifs is 1. The summed E-state index contributed by atoms with van der Waals surface area (Å²) < 4.78 is 13.8. The topological polar surface area (TPSA) is 67.8 Å². The standard InChI is InChI=1S/C16H15FN4OS/c1-7-8(2)19-14-12(5-11(17)6-13(14)18-7)15(22)21-16-20-9(3)10(4)23-16/h5-6H,1-4H3,(H,20,21,22). The molecule has 3 rings (SSSR count). The molecule has 3 aromatic rings. The zero-order chi connectivity index (χ0) is 16.7. The molecule has 0 fully saturated rings. The molecule has 2 aromatic heterocycles. The van der Waals surface area contributed by atoms with Gasteiger partial charge in [0.05, 0.1) is 28.2 Å². The van der Waals surface area contributed by atoms with Crippen molar-refractivity contribution in [2.75, 3.05) is 5.32 Å². The predicted octanol–water partition coefficient (Wildman–Crippen LogP) is 3.71. The van der Waals surface area contributed by atoms with E-state index in [2.05, 4.69) is 20.3 Å². The highest BCUT2D eigenvalue weighted by Gasteiger charge is 2.17. The molecule has 2 heterocycles. The summed E-state index contributed by atoms with van der Waals surface area (Å²) in [4.78, 5) is 26.5. The van der Waals surface area contributed by atoms with Crippen LogP contribution in [0.5, 0.6) is 0 Å². The molecule has 5 nitrogen and oxygen atoms in total. The van der Waals surface area contributed by atoms with E-state index >= 15 is 0 Å². The Morgan fingerprint density at radius 2 is 1.74 bits per heavy atom. The molecule has 0 atom stereocenters. The molecule has 0 aliphatic carbocycles. The average molecular weight is 330 g/mol. The van der Waals surface area contributed by atoms with Crippen LogP contribution in [0.1, 0.15) is 32.3 Å². The van der Waals surface area contributed by atoms with Gasteiger partial charge in [-0.05, 0) is 33.8 Å². The van der Waals surface area contributed by atoms with Crippen LogP contribution in [0, 0.1) is 33.5 Å². The summed E-state index contributed by atoms with van der Waals surface area (Å²) in [7, 11) is 0. The third-order valence-electron chi connectivity index (χ3n) is 3.64. The first-order chi connectivity index (χ1) is 10.8. The van der Waals surface area contributed by atoms with E-state index in [1.807, 2.05) is 13.8 Å². The maximum Gasteiger partial charge on any atom is 0.259 e. The van der Waals surface area contributed by atoms with E-state index < -0.39 is 11.7 Å². The molecule has 1 amide bonds. The number of benzene rings is 1. The van der Waals surface area contributed by atoms with Crippen LogP contribution in [-0.2, 0) is 0 Å². The number of amides is 1. The molecular formula is C16H15FN4OS. The smallest absolute Gasteiger partial charge is 0.259 e. The fraction of sp³-hybridized carbons (Fsp3) is 0.250. The minimum absolute atomic E-state index is 0.154. The molecule has 0 saturated heterocycles. The Morgan fingerprint density at radius 3 is 2.39 bits per heavy atom. The fourth-order valence-electron chi connectivity index (χ4n) is 2.16. The van der Waals surface area contributed by atoms with Gasteiger partial charge in [-0.2, -0.15) is 0 Å². The largest absolute Gasteiger partial charge is 0.298 e. The van der Waals surface area contributed by atoms with Gasteiger partial charge in [0.15, 0.2) is 5.13 Å². The maximum atomic E-state index is 13.8. The van der Waals surface area contributed by atoms with Crippen LogP contribution in [0.3, 0.4) is 0 Å². The number of aryl methyl sites for hydroxylation is 4. The summed E-state index contributed by atoms with van der Waals surface area (Å²) in [5.74, 6) is -0.965. The van der Waals surface area contributed by atoms with Crippen molar-refractivity contribution in [1.29, 1.82) is 0 Å². The van der Waals surface area contributed by atoms with E-state index in [1.54, 1.807) is 13.8 Å². The monoisotopic (exact) mass is 330 g/mol. The molecule has 1 aromatic carbocycles. The summed E-state index contributed by atoms with van der Waals surface area (Å²) in [5, 5.41) is 3.19. The Kier molecular flexibility index (Phi) is 3.81. The van der Waals surface area contributed by atoms with Crippen molar-refractivity contribution in [3.05, 3.63) is 45.5 Å². The van der Waals surface area contributed by atoms with Crippen LogP contribution < -0.4 is 5.32 Å². The highest BCUT2D eigenvalue weighted by atomic mass is 32.1. The van der Waals surface area contributed by atoms with Crippen LogP contribution in [-0.4, -0.2) is 20.9 Å². The van der Waals surface area contributed by atoms with E-state index in [-0.39, 0.29) is 5.56 Å². The van der Waals surface area contributed by atoms with Gasteiger partial charge in [-0.3, -0.25) is 10.1 Å². The molecule has 118 valence electrons. The zero-order valence-electron chi connectivity index (χ0n) is 13.2. The lowest BCUT2D eigenvalue weighted by Gasteiger charge is -2.08. The highest BCUT2D eigenvalue weighted by molar-refractivity contribution is 7.15. The minimum atomic E-state index is -0.522. The number of nitrogens with zero attached hydrogens (tertiary/aromatic N) is 3. The summed E-state index contributed by atoms with van der Waals surface area (Å²) >= 11 is 1.38. The molecule has 0 radical (unpaired) electrons. The lowest BCUT2D eigenvalue weighted by atomic mass is 10.1. The zero-order valence-corrected chi connectivity index (χ0v) is 14.0. The third-order valence-corrected chi connectivity index (χ3v) is 4.63. The van der Waals surface area contributed by atoms with Gasteiger partial charge in [0.25, 0.3) is 5.91 Å². The van der Waals surface area contributed by atoms with Crippen LogP contribution in [0.4, 0.5) is 9.52 Å². The van der Waals surface area contributed by atoms with E-state index in [9.17, 15) is 9.18 Å². The van der Waals surface area contributed by atoms with Crippen LogP contribution in [0.25, 0.3) is 11.0 Å². The van der Waals surface area contributed by atoms with Crippen LogP contribution >= 0.6 is 11.3 Å². The van der Waals surface area contributed by atoms with Gasteiger partial charge in [0.2, 0.25) is 0 Å². The number of anilines is 1. The Labute approximate surface area is 136 Å². The van der Waals surface area contributed by atoms with E-state index in [4.69, 9.17) is 0 Å². The Morgan fingerprint density at radius 1 is 1.04 bits per heavy atom. The molecule has 23 heavy (non-hydrogen) atoms. The van der Waals surface area contributed by atoms with Gasteiger partial charge < -0.3 is 0 Å². The molecular weight excluding hydrogens is 315 g/mol. The number of rotatable bonds is 2. The number of carbonyl (C=O) groups is 1. The summed E-state index contributed by atoms with van der Waals surface area (Å²) in [6, 6.07) is 2.46. The minimum Gasteiger partial charge on any atom is -0.298 e. The predicted molar refractivity (Wildman–Crippen MR) is 88.5 cm³/mol. The summed E-state index contributed by atoms with van der Waals surface area (Å²) in [5.41, 5.74) is 3.18. The molecule has 0 bridgehead atoms. The average Bonchev–Trinajstić information content (AvgIpc) is 2.78. The van der Waals surface area contributed by atoms with Gasteiger partial charge in [0.1, 0.15) is 11.3 Å². The number of carbonyl (C=O) groups excluding carboxylic acids is 1. The number of halogens is 1. The second-order valence-corrected chi connectivity index (χ2v) is 6.53. The Balaban J connectivity index is 2.07. The summed E-state index contributed by atoms with van der Waals surface area (Å²) in [6.07, 6.45) is 0. The number of hydrogen-bond donors (Lipinski definition) is 1. The second kappa shape index (κ2) is 5.66. The van der Waals surface area contributed by atoms with Crippen molar-refractivity contribution in [3.8, 4) is 0 Å². The van der Waals surface area contributed by atoms with Crippen LogP contribution in [0.2, 0.25) is 0 Å². The molecule has 0 spiro atoms. The van der Waals surface area contributed by atoms with Crippen molar-refractivity contribution in [2.24, 2.45) is 0 Å². The van der Waals surface area contributed by atoms with Gasteiger partial charge in [-0.1, -0.05) is 0 Å². The Bertz CT molecular complexity index is 916. The van der Waals surface area contributed by atoms with Gasteiger partial charge in [0, 0.05) is 10.9 Å². The summed E-state index contributed by atoms with van der Waals surface area (Å²) in [6.45, 7) is 7.41. The fourth-order valence-corrected chi connectivity index (χ4v) is 2.97. The third kappa shape index (κ3) is 2.92. The van der Waals surface area contributed by atoms with Crippen molar-refractivity contribution in [1.82, 2.24) is 15.0 Å². The normalized spacial score (nSPS) is 11.0. The number of hydrogen-bond acceptors (Lipinski definition) is 5. The molecule has 0 unspecified atom stereocenters. The van der Waals surface area contributed by atoms with Gasteiger partial charge in [-0.25, -0.2) is 19.3 Å². The molecule has 0 saturated carbocycles. The first-order valence-corrected chi connectivity index (χ1v) is 7.86.